The minimum absolute atomic E-state index is 0.0354. The maximum atomic E-state index is 12.6. The zero-order valence-corrected chi connectivity index (χ0v) is 12.6. The van der Waals surface area contributed by atoms with Crippen molar-refractivity contribution < 1.29 is 9.53 Å². The van der Waals surface area contributed by atoms with Crippen molar-refractivity contribution in [1.82, 2.24) is 4.90 Å². The van der Waals surface area contributed by atoms with E-state index in [9.17, 15) is 4.79 Å². The smallest absolute Gasteiger partial charge is 0.235 e. The van der Waals surface area contributed by atoms with Crippen molar-refractivity contribution in [2.45, 2.75) is 33.6 Å². The molecule has 0 bridgehead atoms. The van der Waals surface area contributed by atoms with Crippen molar-refractivity contribution in [2.24, 2.45) is 16.6 Å². The molecule has 2 N–H and O–H groups in total. The third-order valence-electron chi connectivity index (χ3n) is 3.29. The van der Waals surface area contributed by atoms with Gasteiger partial charge in [-0.2, -0.15) is 0 Å². The van der Waals surface area contributed by atoms with E-state index in [4.69, 9.17) is 22.7 Å². The standard InChI is InChI=1S/C13H24N2O2S/c1-12(2,3)9-15(4)11(16)13(10(14)18)5-7-17-8-6-13/h5-9H2,1-4H3,(H2,14,18). The number of amides is 1. The third-order valence-corrected chi connectivity index (χ3v) is 3.68. The monoisotopic (exact) mass is 272 g/mol. The van der Waals surface area contributed by atoms with E-state index in [1.54, 1.807) is 4.90 Å². The first-order valence-corrected chi connectivity index (χ1v) is 6.73. The van der Waals surface area contributed by atoms with Crippen molar-refractivity contribution in [3.8, 4) is 0 Å². The number of nitrogens with zero attached hydrogens (tertiary/aromatic N) is 1. The lowest BCUT2D eigenvalue weighted by atomic mass is 9.78. The highest BCUT2D eigenvalue weighted by Gasteiger charge is 2.44. The van der Waals surface area contributed by atoms with Crippen LogP contribution in [-0.4, -0.2) is 42.6 Å². The Labute approximate surface area is 115 Å². The van der Waals surface area contributed by atoms with Crippen molar-refractivity contribution >= 4 is 23.1 Å². The molecule has 0 radical (unpaired) electrons. The molecule has 0 aromatic rings. The molecule has 1 fully saturated rings. The molecule has 0 aromatic carbocycles. The van der Waals surface area contributed by atoms with E-state index in [-0.39, 0.29) is 11.3 Å². The number of carbonyl (C=O) groups is 1. The summed E-state index contributed by atoms with van der Waals surface area (Å²) in [6.07, 6.45) is 1.19. The highest BCUT2D eigenvalue weighted by molar-refractivity contribution is 7.80. The maximum Gasteiger partial charge on any atom is 0.235 e. The molecule has 0 aromatic heterocycles. The summed E-state index contributed by atoms with van der Waals surface area (Å²) in [6, 6.07) is 0. The predicted octanol–water partition coefficient (Wildman–Crippen LogP) is 1.57. The lowest BCUT2D eigenvalue weighted by Crippen LogP contribution is -2.53. The molecule has 0 saturated carbocycles. The van der Waals surface area contributed by atoms with Gasteiger partial charge in [0.15, 0.2) is 0 Å². The molecule has 0 atom stereocenters. The molecule has 104 valence electrons. The van der Waals surface area contributed by atoms with Crippen LogP contribution in [0.1, 0.15) is 33.6 Å². The van der Waals surface area contributed by atoms with E-state index in [2.05, 4.69) is 20.8 Å². The van der Waals surface area contributed by atoms with E-state index in [1.807, 2.05) is 7.05 Å². The summed E-state index contributed by atoms with van der Waals surface area (Å²) in [6.45, 7) is 8.10. The second-order valence-electron chi connectivity index (χ2n) is 6.28. The fraction of sp³-hybridized carbons (Fsp3) is 0.846. The van der Waals surface area contributed by atoms with Crippen LogP contribution < -0.4 is 5.73 Å². The van der Waals surface area contributed by atoms with Crippen LogP contribution in [-0.2, 0) is 9.53 Å². The van der Waals surface area contributed by atoms with Gasteiger partial charge < -0.3 is 15.4 Å². The first-order chi connectivity index (χ1) is 8.19. The highest BCUT2D eigenvalue weighted by Crippen LogP contribution is 2.33. The van der Waals surface area contributed by atoms with Crippen LogP contribution in [0.5, 0.6) is 0 Å². The summed E-state index contributed by atoms with van der Waals surface area (Å²) in [5.41, 5.74) is 5.19. The van der Waals surface area contributed by atoms with Crippen molar-refractivity contribution in [3.05, 3.63) is 0 Å². The zero-order chi connectivity index (χ0) is 14.0. The fourth-order valence-corrected chi connectivity index (χ4v) is 2.73. The molecule has 0 aliphatic carbocycles. The first kappa shape index (κ1) is 15.4. The predicted molar refractivity (Wildman–Crippen MR) is 76.4 cm³/mol. The lowest BCUT2D eigenvalue weighted by Gasteiger charge is -2.39. The van der Waals surface area contributed by atoms with Gasteiger partial charge in [0.2, 0.25) is 5.91 Å². The van der Waals surface area contributed by atoms with Crippen LogP contribution >= 0.6 is 12.2 Å². The van der Waals surface area contributed by atoms with Gasteiger partial charge in [-0.1, -0.05) is 33.0 Å². The number of carbonyl (C=O) groups excluding carboxylic acids is 1. The van der Waals surface area contributed by atoms with Crippen molar-refractivity contribution in [1.29, 1.82) is 0 Å². The second-order valence-corrected chi connectivity index (χ2v) is 6.72. The number of rotatable bonds is 3. The molecule has 5 heteroatoms. The number of nitrogens with two attached hydrogens (primary N) is 1. The molecule has 4 nitrogen and oxygen atoms in total. The molecule has 1 aliphatic rings. The van der Waals surface area contributed by atoms with Crippen LogP contribution in [0.25, 0.3) is 0 Å². The van der Waals surface area contributed by atoms with Crippen LogP contribution in [0.2, 0.25) is 0 Å². The lowest BCUT2D eigenvalue weighted by molar-refractivity contribution is -0.142. The number of hydrogen-bond donors (Lipinski definition) is 1. The Morgan fingerprint density at radius 2 is 1.89 bits per heavy atom. The summed E-state index contributed by atoms with van der Waals surface area (Å²) in [5.74, 6) is 0.0354. The Balaban J connectivity index is 2.86. The van der Waals surface area contributed by atoms with E-state index in [0.717, 1.165) is 0 Å². The van der Waals surface area contributed by atoms with Gasteiger partial charge in [-0.05, 0) is 18.3 Å². The summed E-state index contributed by atoms with van der Waals surface area (Å²) in [4.78, 5) is 14.7. The van der Waals surface area contributed by atoms with Gasteiger partial charge in [0.1, 0.15) is 5.41 Å². The molecular weight excluding hydrogens is 248 g/mol. The average molecular weight is 272 g/mol. The van der Waals surface area contributed by atoms with Gasteiger partial charge in [0.25, 0.3) is 0 Å². The molecule has 0 unspecified atom stereocenters. The Bertz CT molecular complexity index is 330. The van der Waals surface area contributed by atoms with Crippen LogP contribution in [0.4, 0.5) is 0 Å². The Morgan fingerprint density at radius 3 is 2.28 bits per heavy atom. The minimum atomic E-state index is -0.701. The number of hydrogen-bond acceptors (Lipinski definition) is 3. The van der Waals surface area contributed by atoms with Crippen LogP contribution in [0.15, 0.2) is 0 Å². The van der Waals surface area contributed by atoms with Gasteiger partial charge in [-0.15, -0.1) is 0 Å². The molecule has 0 spiro atoms. The largest absolute Gasteiger partial charge is 0.392 e. The van der Waals surface area contributed by atoms with Gasteiger partial charge in [0, 0.05) is 26.8 Å². The van der Waals surface area contributed by atoms with E-state index in [1.165, 1.54) is 0 Å². The van der Waals surface area contributed by atoms with E-state index < -0.39 is 5.41 Å². The van der Waals surface area contributed by atoms with Gasteiger partial charge in [-0.25, -0.2) is 0 Å². The quantitative estimate of drug-likeness (QED) is 0.792. The fourth-order valence-electron chi connectivity index (χ4n) is 2.43. The molecule has 1 aliphatic heterocycles. The van der Waals surface area contributed by atoms with Crippen LogP contribution in [0, 0.1) is 10.8 Å². The molecular formula is C13H24N2O2S. The van der Waals surface area contributed by atoms with Crippen LogP contribution in [0.3, 0.4) is 0 Å². The maximum absolute atomic E-state index is 12.6. The summed E-state index contributed by atoms with van der Waals surface area (Å²) in [7, 11) is 1.82. The van der Waals surface area contributed by atoms with E-state index >= 15 is 0 Å². The Morgan fingerprint density at radius 1 is 1.39 bits per heavy atom. The molecule has 18 heavy (non-hydrogen) atoms. The Hall–Kier alpha value is -0.680. The van der Waals surface area contributed by atoms with Gasteiger partial charge in [-0.3, -0.25) is 4.79 Å². The number of thiocarbonyl (C=S) groups is 1. The van der Waals surface area contributed by atoms with E-state index in [0.29, 0.717) is 37.6 Å². The minimum Gasteiger partial charge on any atom is -0.392 e. The number of ether oxygens (including phenoxy) is 1. The molecule has 1 rings (SSSR count). The summed E-state index contributed by atoms with van der Waals surface area (Å²) < 4.78 is 5.32. The summed E-state index contributed by atoms with van der Waals surface area (Å²) in [5, 5.41) is 0. The molecule has 1 saturated heterocycles. The van der Waals surface area contributed by atoms with Gasteiger partial charge in [0.05, 0.1) is 4.99 Å². The topological polar surface area (TPSA) is 55.6 Å². The summed E-state index contributed by atoms with van der Waals surface area (Å²) >= 11 is 5.14. The SMILES string of the molecule is CN(CC(C)(C)C)C(=O)C1(C(N)=S)CCOCC1. The third kappa shape index (κ3) is 3.42. The van der Waals surface area contributed by atoms with Crippen molar-refractivity contribution in [2.75, 3.05) is 26.8 Å². The second kappa shape index (κ2) is 5.53. The normalized spacial score (nSPS) is 19.3. The van der Waals surface area contributed by atoms with Gasteiger partial charge >= 0.3 is 0 Å². The molecule has 1 amide bonds. The first-order valence-electron chi connectivity index (χ1n) is 6.32. The molecule has 1 heterocycles. The Kier molecular flexibility index (Phi) is 4.72. The highest BCUT2D eigenvalue weighted by atomic mass is 32.1. The zero-order valence-electron chi connectivity index (χ0n) is 11.8. The average Bonchev–Trinajstić information content (AvgIpc) is 2.26. The van der Waals surface area contributed by atoms with Crippen molar-refractivity contribution in [3.63, 3.8) is 0 Å².